The monoisotopic (exact) mass is 461 g/mol. The van der Waals surface area contributed by atoms with Crippen LogP contribution in [0, 0.1) is 0 Å². The third-order valence-corrected chi connectivity index (χ3v) is 3.73. The SMILES string of the molecule is CCNC(=NCCCSc1ccccc1)NCCC(F)(F)F.I. The lowest BCUT2D eigenvalue weighted by Gasteiger charge is -2.12. The van der Waals surface area contributed by atoms with Crippen molar-refractivity contribution in [1.82, 2.24) is 10.6 Å². The molecule has 0 aliphatic heterocycles. The summed E-state index contributed by atoms with van der Waals surface area (Å²) in [6.45, 7) is 2.93. The Morgan fingerprint density at radius 3 is 2.48 bits per heavy atom. The number of benzene rings is 1. The van der Waals surface area contributed by atoms with Crippen LogP contribution in [0.5, 0.6) is 0 Å². The molecule has 0 heterocycles. The van der Waals surface area contributed by atoms with E-state index in [-0.39, 0.29) is 30.5 Å². The molecule has 0 unspecified atom stereocenters. The Kier molecular flexibility index (Phi) is 12.4. The van der Waals surface area contributed by atoms with E-state index in [0.29, 0.717) is 19.0 Å². The third kappa shape index (κ3) is 12.4. The second-order valence-electron chi connectivity index (χ2n) is 4.57. The second kappa shape index (κ2) is 12.7. The molecule has 0 aromatic heterocycles. The minimum absolute atomic E-state index is 0. The largest absolute Gasteiger partial charge is 0.390 e. The van der Waals surface area contributed by atoms with Crippen LogP contribution in [-0.2, 0) is 0 Å². The zero-order valence-electron chi connectivity index (χ0n) is 13.0. The van der Waals surface area contributed by atoms with Gasteiger partial charge in [-0.05, 0) is 31.2 Å². The third-order valence-electron chi connectivity index (χ3n) is 2.63. The van der Waals surface area contributed by atoms with Crippen LogP contribution in [0.25, 0.3) is 0 Å². The number of halogens is 4. The zero-order valence-corrected chi connectivity index (χ0v) is 16.2. The molecule has 0 amide bonds. The van der Waals surface area contributed by atoms with Gasteiger partial charge in [-0.25, -0.2) is 0 Å². The van der Waals surface area contributed by atoms with Crippen molar-refractivity contribution in [2.24, 2.45) is 4.99 Å². The van der Waals surface area contributed by atoms with Crippen LogP contribution < -0.4 is 10.6 Å². The Hall–Kier alpha value is -0.640. The first kappa shape index (κ1) is 22.4. The van der Waals surface area contributed by atoms with Gasteiger partial charge >= 0.3 is 6.18 Å². The van der Waals surface area contributed by atoms with Gasteiger partial charge in [0.25, 0.3) is 0 Å². The fraction of sp³-hybridized carbons (Fsp3) is 0.533. The molecule has 3 nitrogen and oxygen atoms in total. The summed E-state index contributed by atoms with van der Waals surface area (Å²) in [7, 11) is 0. The van der Waals surface area contributed by atoms with Gasteiger partial charge in [-0.15, -0.1) is 35.7 Å². The number of aliphatic imine (C=N–C) groups is 1. The summed E-state index contributed by atoms with van der Waals surface area (Å²) in [4.78, 5) is 5.49. The van der Waals surface area contributed by atoms with E-state index in [1.807, 2.05) is 25.1 Å². The summed E-state index contributed by atoms with van der Waals surface area (Å²) in [5.41, 5.74) is 0. The van der Waals surface area contributed by atoms with Gasteiger partial charge in [-0.3, -0.25) is 4.99 Å². The predicted molar refractivity (Wildman–Crippen MR) is 102 cm³/mol. The van der Waals surface area contributed by atoms with E-state index in [1.54, 1.807) is 11.8 Å². The summed E-state index contributed by atoms with van der Waals surface area (Å²) in [5, 5.41) is 5.64. The first-order chi connectivity index (χ1) is 10.5. The van der Waals surface area contributed by atoms with E-state index in [0.717, 1.165) is 12.2 Å². The maximum absolute atomic E-state index is 12.1. The van der Waals surface area contributed by atoms with Crippen molar-refractivity contribution in [2.45, 2.75) is 30.8 Å². The Labute approximate surface area is 156 Å². The highest BCUT2D eigenvalue weighted by Crippen LogP contribution is 2.18. The topological polar surface area (TPSA) is 36.4 Å². The molecule has 0 fully saturated rings. The molecule has 1 aromatic carbocycles. The van der Waals surface area contributed by atoms with Crippen LogP contribution in [0.2, 0.25) is 0 Å². The van der Waals surface area contributed by atoms with E-state index in [2.05, 4.69) is 27.8 Å². The Bertz CT molecular complexity index is 441. The molecular weight excluding hydrogens is 438 g/mol. The first-order valence-corrected chi connectivity index (χ1v) is 8.26. The number of alkyl halides is 3. The van der Waals surface area contributed by atoms with Crippen molar-refractivity contribution in [3.8, 4) is 0 Å². The highest BCUT2D eigenvalue weighted by atomic mass is 127. The number of nitrogens with one attached hydrogen (secondary N) is 2. The van der Waals surface area contributed by atoms with Crippen LogP contribution in [-0.4, -0.2) is 37.5 Å². The summed E-state index contributed by atoms with van der Waals surface area (Å²) >= 11 is 1.75. The maximum atomic E-state index is 12.1. The van der Waals surface area contributed by atoms with Gasteiger partial charge in [0.1, 0.15) is 0 Å². The van der Waals surface area contributed by atoms with E-state index in [1.165, 1.54) is 4.90 Å². The second-order valence-corrected chi connectivity index (χ2v) is 5.74. The summed E-state index contributed by atoms with van der Waals surface area (Å²) < 4.78 is 36.3. The van der Waals surface area contributed by atoms with Gasteiger partial charge in [0.05, 0.1) is 6.42 Å². The molecule has 132 valence electrons. The van der Waals surface area contributed by atoms with Gasteiger partial charge in [0, 0.05) is 24.5 Å². The highest BCUT2D eigenvalue weighted by Gasteiger charge is 2.26. The van der Waals surface area contributed by atoms with Crippen molar-refractivity contribution in [2.75, 3.05) is 25.4 Å². The van der Waals surface area contributed by atoms with E-state index >= 15 is 0 Å². The standard InChI is InChI=1S/C15H22F3N3S.HI/c1-2-19-14(21-11-9-15(16,17)18)20-10-6-12-22-13-7-4-3-5-8-13;/h3-5,7-8H,2,6,9-12H2,1H3,(H2,19,20,21);1H. The fourth-order valence-corrected chi connectivity index (χ4v) is 2.49. The molecule has 23 heavy (non-hydrogen) atoms. The highest BCUT2D eigenvalue weighted by molar-refractivity contribution is 14.0. The van der Waals surface area contributed by atoms with Gasteiger partial charge in [0.15, 0.2) is 5.96 Å². The normalized spacial score (nSPS) is 11.7. The zero-order chi connectivity index (χ0) is 16.3. The molecule has 0 radical (unpaired) electrons. The maximum Gasteiger partial charge on any atom is 0.390 e. The molecule has 0 bridgehead atoms. The quantitative estimate of drug-likeness (QED) is 0.199. The van der Waals surface area contributed by atoms with Gasteiger partial charge in [-0.1, -0.05) is 18.2 Å². The van der Waals surface area contributed by atoms with E-state index < -0.39 is 12.6 Å². The summed E-state index contributed by atoms with van der Waals surface area (Å²) in [6.07, 6.45) is -4.13. The Morgan fingerprint density at radius 2 is 1.87 bits per heavy atom. The number of hydrogen-bond acceptors (Lipinski definition) is 2. The van der Waals surface area contributed by atoms with Crippen molar-refractivity contribution < 1.29 is 13.2 Å². The van der Waals surface area contributed by atoms with Gasteiger partial charge in [-0.2, -0.15) is 13.2 Å². The average Bonchev–Trinajstić information content (AvgIpc) is 2.46. The molecule has 0 aliphatic rings. The average molecular weight is 461 g/mol. The van der Waals surface area contributed by atoms with Crippen LogP contribution >= 0.6 is 35.7 Å². The van der Waals surface area contributed by atoms with Crippen LogP contribution in [0.3, 0.4) is 0 Å². The molecule has 8 heteroatoms. The van der Waals surface area contributed by atoms with E-state index in [9.17, 15) is 13.2 Å². The molecular formula is C15H23F3IN3S. The van der Waals surface area contributed by atoms with Crippen molar-refractivity contribution in [3.63, 3.8) is 0 Å². The Morgan fingerprint density at radius 1 is 1.17 bits per heavy atom. The minimum atomic E-state index is -4.14. The number of thioether (sulfide) groups is 1. The molecule has 0 atom stereocenters. The van der Waals surface area contributed by atoms with Crippen molar-refractivity contribution in [3.05, 3.63) is 30.3 Å². The fourth-order valence-electron chi connectivity index (χ4n) is 1.63. The van der Waals surface area contributed by atoms with Crippen LogP contribution in [0.4, 0.5) is 13.2 Å². The van der Waals surface area contributed by atoms with Crippen molar-refractivity contribution in [1.29, 1.82) is 0 Å². The lowest BCUT2D eigenvalue weighted by molar-refractivity contribution is -0.132. The lowest BCUT2D eigenvalue weighted by atomic mass is 10.4. The predicted octanol–water partition coefficient (Wildman–Crippen LogP) is 4.29. The van der Waals surface area contributed by atoms with Gasteiger partial charge in [0.2, 0.25) is 0 Å². The van der Waals surface area contributed by atoms with Crippen LogP contribution in [0.15, 0.2) is 40.2 Å². The van der Waals surface area contributed by atoms with Gasteiger partial charge < -0.3 is 10.6 Å². The molecule has 2 N–H and O–H groups in total. The van der Waals surface area contributed by atoms with E-state index in [4.69, 9.17) is 0 Å². The van der Waals surface area contributed by atoms with Crippen molar-refractivity contribution >= 4 is 41.7 Å². The number of rotatable bonds is 8. The molecule has 0 spiro atoms. The number of guanidine groups is 1. The summed E-state index contributed by atoms with van der Waals surface area (Å²) in [6, 6.07) is 10.1. The molecule has 1 aromatic rings. The number of hydrogen-bond donors (Lipinski definition) is 2. The lowest BCUT2D eigenvalue weighted by Crippen LogP contribution is -2.39. The first-order valence-electron chi connectivity index (χ1n) is 7.28. The summed E-state index contributed by atoms with van der Waals surface area (Å²) in [5.74, 6) is 1.37. The number of nitrogens with zero attached hydrogens (tertiary/aromatic N) is 1. The molecule has 0 saturated heterocycles. The minimum Gasteiger partial charge on any atom is -0.357 e. The molecule has 0 aliphatic carbocycles. The smallest absolute Gasteiger partial charge is 0.357 e. The molecule has 1 rings (SSSR count). The Balaban J connectivity index is 0.00000484. The molecule has 0 saturated carbocycles. The van der Waals surface area contributed by atoms with Crippen LogP contribution in [0.1, 0.15) is 19.8 Å².